The maximum Gasteiger partial charge on any atom is 0.147 e. The Bertz CT molecular complexity index is 433. The highest BCUT2D eigenvalue weighted by molar-refractivity contribution is 9.10. The Balaban J connectivity index is 1.89. The van der Waals surface area contributed by atoms with Crippen molar-refractivity contribution >= 4 is 33.3 Å². The lowest BCUT2D eigenvalue weighted by atomic mass is 9.98. The monoisotopic (exact) mass is 361 g/mol. The van der Waals surface area contributed by atoms with Crippen molar-refractivity contribution in [3.05, 3.63) is 21.8 Å². The molecule has 1 aliphatic rings. The van der Waals surface area contributed by atoms with Gasteiger partial charge < -0.3 is 15.0 Å². The largest absolute Gasteiger partial charge is 0.383 e. The second-order valence-corrected chi connectivity index (χ2v) is 6.43. The molecule has 2 rings (SSSR count). The van der Waals surface area contributed by atoms with Crippen LogP contribution in [0.5, 0.6) is 0 Å². The Labute approximate surface area is 134 Å². The Kier molecular flexibility index (Phi) is 6.55. The van der Waals surface area contributed by atoms with Gasteiger partial charge in [-0.15, -0.1) is 0 Å². The first-order valence-electron chi connectivity index (χ1n) is 6.96. The van der Waals surface area contributed by atoms with Crippen LogP contribution in [0.15, 0.2) is 16.7 Å². The Morgan fingerprint density at radius 2 is 2.45 bits per heavy atom. The van der Waals surface area contributed by atoms with Crippen LogP contribution in [-0.2, 0) is 4.74 Å². The summed E-state index contributed by atoms with van der Waals surface area (Å²) in [7, 11) is 1.73. The van der Waals surface area contributed by atoms with Gasteiger partial charge in [-0.25, -0.2) is 4.98 Å². The molecule has 4 nitrogen and oxygen atoms in total. The van der Waals surface area contributed by atoms with Crippen molar-refractivity contribution < 1.29 is 4.74 Å². The van der Waals surface area contributed by atoms with E-state index in [0.29, 0.717) is 10.9 Å². The number of nitrogens with zero attached hydrogens (tertiary/aromatic N) is 2. The first kappa shape index (κ1) is 16.0. The summed E-state index contributed by atoms with van der Waals surface area (Å²) in [6, 6.07) is 1.91. The van der Waals surface area contributed by atoms with Crippen molar-refractivity contribution in [1.82, 2.24) is 10.3 Å². The van der Waals surface area contributed by atoms with E-state index in [9.17, 15) is 0 Å². The molecule has 0 aromatic carbocycles. The third-order valence-electron chi connectivity index (χ3n) is 3.52. The smallest absolute Gasteiger partial charge is 0.147 e. The molecule has 1 aromatic rings. The molecule has 0 bridgehead atoms. The number of methoxy groups -OCH3 is 1. The van der Waals surface area contributed by atoms with Crippen molar-refractivity contribution in [1.29, 1.82) is 0 Å². The minimum absolute atomic E-state index is 0.641. The summed E-state index contributed by atoms with van der Waals surface area (Å²) in [5, 5.41) is 4.15. The Hall–Kier alpha value is -0.360. The van der Waals surface area contributed by atoms with E-state index in [1.807, 2.05) is 12.3 Å². The van der Waals surface area contributed by atoms with Crippen LogP contribution in [-0.4, -0.2) is 44.9 Å². The molecule has 1 atom stereocenters. The fourth-order valence-electron chi connectivity index (χ4n) is 2.54. The molecular weight excluding hydrogens is 342 g/mol. The van der Waals surface area contributed by atoms with Gasteiger partial charge in [0.2, 0.25) is 0 Å². The van der Waals surface area contributed by atoms with E-state index in [1.165, 1.54) is 12.8 Å². The van der Waals surface area contributed by atoms with Gasteiger partial charge in [0.1, 0.15) is 5.82 Å². The molecule has 1 fully saturated rings. The van der Waals surface area contributed by atoms with Gasteiger partial charge in [-0.1, -0.05) is 11.6 Å². The van der Waals surface area contributed by atoms with Gasteiger partial charge in [-0.05, 0) is 47.3 Å². The molecule has 2 heterocycles. The second-order valence-electron chi connectivity index (χ2n) is 5.11. The highest BCUT2D eigenvalue weighted by Gasteiger charge is 2.22. The maximum absolute atomic E-state index is 6.29. The van der Waals surface area contributed by atoms with Crippen LogP contribution in [0.2, 0.25) is 5.02 Å². The van der Waals surface area contributed by atoms with Gasteiger partial charge in [0.05, 0.1) is 11.6 Å². The molecule has 0 amide bonds. The number of nitrogens with one attached hydrogen (secondary N) is 1. The average molecular weight is 363 g/mol. The minimum atomic E-state index is 0.641. The number of halogens is 2. The third kappa shape index (κ3) is 4.58. The van der Waals surface area contributed by atoms with Gasteiger partial charge in [0.15, 0.2) is 0 Å². The number of pyridine rings is 1. The van der Waals surface area contributed by atoms with Crippen LogP contribution >= 0.6 is 27.5 Å². The predicted octanol–water partition coefficient (Wildman–Crippen LogP) is 2.95. The van der Waals surface area contributed by atoms with Crippen LogP contribution in [0.4, 0.5) is 5.82 Å². The van der Waals surface area contributed by atoms with E-state index in [4.69, 9.17) is 16.3 Å². The SMILES string of the molecule is COCCNCC1CCCN(c2ncc(Br)cc2Cl)C1. The van der Waals surface area contributed by atoms with E-state index >= 15 is 0 Å². The Morgan fingerprint density at radius 1 is 1.60 bits per heavy atom. The number of aromatic nitrogens is 1. The zero-order chi connectivity index (χ0) is 14.4. The van der Waals surface area contributed by atoms with Gasteiger partial charge in [-0.3, -0.25) is 0 Å². The Morgan fingerprint density at radius 3 is 3.20 bits per heavy atom. The van der Waals surface area contributed by atoms with Crippen molar-refractivity contribution in [2.75, 3.05) is 44.8 Å². The molecule has 0 radical (unpaired) electrons. The van der Waals surface area contributed by atoms with Crippen LogP contribution in [0.1, 0.15) is 12.8 Å². The second kappa shape index (κ2) is 8.17. The van der Waals surface area contributed by atoms with E-state index in [2.05, 4.69) is 31.1 Å². The first-order chi connectivity index (χ1) is 9.70. The fourth-order valence-corrected chi connectivity index (χ4v) is 3.29. The van der Waals surface area contributed by atoms with Crippen LogP contribution in [0, 0.1) is 5.92 Å². The van der Waals surface area contributed by atoms with E-state index in [0.717, 1.165) is 43.1 Å². The topological polar surface area (TPSA) is 37.4 Å². The average Bonchev–Trinajstić information content (AvgIpc) is 2.44. The fraction of sp³-hybridized carbons (Fsp3) is 0.643. The lowest BCUT2D eigenvalue weighted by molar-refractivity contribution is 0.197. The quantitative estimate of drug-likeness (QED) is 0.790. The summed E-state index contributed by atoms with van der Waals surface area (Å²) in [4.78, 5) is 6.74. The first-order valence-corrected chi connectivity index (χ1v) is 8.13. The summed E-state index contributed by atoms with van der Waals surface area (Å²) in [6.45, 7) is 4.73. The van der Waals surface area contributed by atoms with Crippen LogP contribution in [0.3, 0.4) is 0 Å². The van der Waals surface area contributed by atoms with Crippen molar-refractivity contribution in [3.8, 4) is 0 Å². The van der Waals surface area contributed by atoms with Gasteiger partial charge in [0, 0.05) is 37.4 Å². The highest BCUT2D eigenvalue weighted by atomic mass is 79.9. The molecule has 1 N–H and O–H groups in total. The standard InChI is InChI=1S/C14H21BrClN3O/c1-20-6-4-17-8-11-3-2-5-19(10-11)14-13(16)7-12(15)9-18-14/h7,9,11,17H,2-6,8,10H2,1H3. The minimum Gasteiger partial charge on any atom is -0.383 e. The number of ether oxygens (including phenoxy) is 1. The summed E-state index contributed by atoms with van der Waals surface area (Å²) in [5.41, 5.74) is 0. The van der Waals surface area contributed by atoms with Crippen molar-refractivity contribution in [2.45, 2.75) is 12.8 Å². The zero-order valence-electron chi connectivity index (χ0n) is 11.7. The van der Waals surface area contributed by atoms with Crippen molar-refractivity contribution in [2.24, 2.45) is 5.92 Å². The lowest BCUT2D eigenvalue weighted by Gasteiger charge is -2.34. The summed E-state index contributed by atoms with van der Waals surface area (Å²) in [5.74, 6) is 1.54. The molecule has 6 heteroatoms. The molecule has 1 unspecified atom stereocenters. The number of rotatable bonds is 6. The summed E-state index contributed by atoms with van der Waals surface area (Å²) < 4.78 is 5.96. The zero-order valence-corrected chi connectivity index (χ0v) is 14.1. The lowest BCUT2D eigenvalue weighted by Crippen LogP contribution is -2.40. The van der Waals surface area contributed by atoms with Crippen LogP contribution in [0.25, 0.3) is 0 Å². The molecule has 112 valence electrons. The van der Waals surface area contributed by atoms with E-state index in [1.54, 1.807) is 7.11 Å². The number of anilines is 1. The molecule has 0 saturated carbocycles. The van der Waals surface area contributed by atoms with Gasteiger partial charge >= 0.3 is 0 Å². The highest BCUT2D eigenvalue weighted by Crippen LogP contribution is 2.29. The molecular formula is C14H21BrClN3O. The molecule has 1 aromatic heterocycles. The molecule has 0 spiro atoms. The third-order valence-corrected chi connectivity index (χ3v) is 4.23. The van der Waals surface area contributed by atoms with E-state index in [-0.39, 0.29) is 0 Å². The molecule has 1 aliphatic heterocycles. The summed E-state index contributed by atoms with van der Waals surface area (Å²) in [6.07, 6.45) is 4.25. The number of hydrogen-bond donors (Lipinski definition) is 1. The molecule has 0 aliphatic carbocycles. The number of hydrogen-bond acceptors (Lipinski definition) is 4. The maximum atomic E-state index is 6.29. The normalized spacial score (nSPS) is 19.4. The van der Waals surface area contributed by atoms with Crippen molar-refractivity contribution in [3.63, 3.8) is 0 Å². The molecule has 20 heavy (non-hydrogen) atoms. The molecule has 1 saturated heterocycles. The van der Waals surface area contributed by atoms with Gasteiger partial charge in [-0.2, -0.15) is 0 Å². The van der Waals surface area contributed by atoms with Crippen LogP contribution < -0.4 is 10.2 Å². The van der Waals surface area contributed by atoms with Gasteiger partial charge in [0.25, 0.3) is 0 Å². The predicted molar refractivity (Wildman–Crippen MR) is 86.6 cm³/mol. The number of piperidine rings is 1. The summed E-state index contributed by atoms with van der Waals surface area (Å²) >= 11 is 9.68. The van der Waals surface area contributed by atoms with E-state index < -0.39 is 0 Å².